The molecule has 212 valence electrons. The van der Waals surface area contributed by atoms with Gasteiger partial charge in [-0.25, -0.2) is 4.57 Å². The molecule has 0 saturated heterocycles. The molecule has 0 unspecified atom stereocenters. The van der Waals surface area contributed by atoms with Crippen molar-refractivity contribution < 1.29 is 29.5 Å². The lowest BCUT2D eigenvalue weighted by molar-refractivity contribution is 0.275. The highest BCUT2D eigenvalue weighted by molar-refractivity contribution is 7.45. The summed E-state index contributed by atoms with van der Waals surface area (Å²) in [5.74, 6) is 0.890. The van der Waals surface area contributed by atoms with E-state index in [1.165, 1.54) is 11.1 Å². The van der Waals surface area contributed by atoms with Gasteiger partial charge >= 0.3 is 7.82 Å². The number of aromatic hydroxyl groups is 2. The summed E-state index contributed by atoms with van der Waals surface area (Å²) in [6.45, 7) is 29.9. The van der Waals surface area contributed by atoms with E-state index in [0.29, 0.717) is 11.5 Å². The van der Waals surface area contributed by atoms with Gasteiger partial charge in [-0.3, -0.25) is 0 Å². The van der Waals surface area contributed by atoms with Gasteiger partial charge < -0.3 is 24.9 Å². The van der Waals surface area contributed by atoms with Crippen LogP contribution in [0.15, 0.2) is 24.3 Å². The second-order valence-corrected chi connectivity index (χ2v) is 14.9. The summed E-state index contributed by atoms with van der Waals surface area (Å²) in [7, 11) is -4.64. The molecule has 6 nitrogen and oxygen atoms in total. The van der Waals surface area contributed by atoms with Crippen molar-refractivity contribution in [1.29, 1.82) is 0 Å². The lowest BCUT2D eigenvalue weighted by Crippen LogP contribution is -2.17. The van der Waals surface area contributed by atoms with E-state index < -0.39 is 7.82 Å². The van der Waals surface area contributed by atoms with E-state index in [-0.39, 0.29) is 21.7 Å². The lowest BCUT2D eigenvalue weighted by atomic mass is 9.79. The Kier molecular flexibility index (Phi) is 11.3. The third kappa shape index (κ3) is 12.0. The summed E-state index contributed by atoms with van der Waals surface area (Å²) in [6, 6.07) is 8.46. The highest BCUT2D eigenvalue weighted by Gasteiger charge is 2.24. The standard InChI is InChI=1S/2C15H24O.H3O4P/c2*1-10-8-11(14(2,3)4)9-12(13(10)16)15(5,6)7;1-5(2,3)4/h2*8-9,16H,1-7H3;(H3,1,2,3,4). The van der Waals surface area contributed by atoms with E-state index in [4.69, 9.17) is 19.2 Å². The van der Waals surface area contributed by atoms with Crippen molar-refractivity contribution in [1.82, 2.24) is 0 Å². The molecule has 0 aliphatic rings. The normalized spacial score (nSPS) is 12.8. The molecule has 37 heavy (non-hydrogen) atoms. The third-order valence-electron chi connectivity index (χ3n) is 5.95. The first kappa shape index (κ1) is 35.2. The van der Waals surface area contributed by atoms with Gasteiger partial charge in [0.25, 0.3) is 0 Å². The number of phenols is 2. The molecule has 7 heteroatoms. The first-order valence-corrected chi connectivity index (χ1v) is 14.1. The van der Waals surface area contributed by atoms with E-state index >= 15 is 0 Å². The Bertz CT molecular complexity index is 1010. The molecule has 0 aliphatic carbocycles. The van der Waals surface area contributed by atoms with Crippen molar-refractivity contribution in [2.24, 2.45) is 0 Å². The summed E-state index contributed by atoms with van der Waals surface area (Å²) in [4.78, 5) is 21.6. The van der Waals surface area contributed by atoms with Crippen LogP contribution in [0.1, 0.15) is 116 Å². The monoisotopic (exact) mass is 538 g/mol. The van der Waals surface area contributed by atoms with Crippen molar-refractivity contribution in [3.63, 3.8) is 0 Å². The van der Waals surface area contributed by atoms with Crippen LogP contribution in [0.3, 0.4) is 0 Å². The molecular formula is C30H51O6P. The minimum Gasteiger partial charge on any atom is -0.507 e. The average molecular weight is 539 g/mol. The minimum absolute atomic E-state index is 0.0178. The van der Waals surface area contributed by atoms with Crippen molar-refractivity contribution in [3.8, 4) is 11.5 Å². The first-order chi connectivity index (χ1) is 16.1. The molecular weight excluding hydrogens is 487 g/mol. The van der Waals surface area contributed by atoms with Crippen LogP contribution in [-0.4, -0.2) is 24.9 Å². The Morgan fingerprint density at radius 1 is 0.514 bits per heavy atom. The van der Waals surface area contributed by atoms with Crippen LogP contribution in [-0.2, 0) is 26.2 Å². The zero-order valence-corrected chi connectivity index (χ0v) is 26.3. The number of aryl methyl sites for hydroxylation is 2. The highest BCUT2D eigenvalue weighted by atomic mass is 31.2. The zero-order chi connectivity index (χ0) is 29.9. The molecule has 2 rings (SSSR count). The molecule has 0 fully saturated rings. The molecule has 2 aromatic rings. The van der Waals surface area contributed by atoms with Crippen LogP contribution in [0, 0.1) is 13.8 Å². The summed E-state index contributed by atoms with van der Waals surface area (Å²) in [5.41, 5.74) is 6.80. The van der Waals surface area contributed by atoms with E-state index in [0.717, 1.165) is 22.3 Å². The fraction of sp³-hybridized carbons (Fsp3) is 0.600. The van der Waals surface area contributed by atoms with Crippen molar-refractivity contribution in [2.45, 2.75) is 119 Å². The maximum absolute atomic E-state index is 10.1. The lowest BCUT2D eigenvalue weighted by Gasteiger charge is -2.27. The van der Waals surface area contributed by atoms with Gasteiger partial charge in [0.2, 0.25) is 0 Å². The van der Waals surface area contributed by atoms with Gasteiger partial charge in [-0.2, -0.15) is 0 Å². The Labute approximate surface area is 225 Å². The second-order valence-electron chi connectivity index (χ2n) is 13.9. The van der Waals surface area contributed by atoms with Gasteiger partial charge in [0, 0.05) is 0 Å². The molecule has 0 spiro atoms. The number of hydrogen-bond acceptors (Lipinski definition) is 3. The largest absolute Gasteiger partial charge is 0.507 e. The van der Waals surface area contributed by atoms with Gasteiger partial charge in [-0.05, 0) is 68.9 Å². The van der Waals surface area contributed by atoms with Crippen LogP contribution < -0.4 is 0 Å². The van der Waals surface area contributed by atoms with Crippen molar-refractivity contribution in [2.75, 3.05) is 0 Å². The van der Waals surface area contributed by atoms with Gasteiger partial charge in [-0.1, -0.05) is 107 Å². The maximum atomic E-state index is 10.1. The Morgan fingerprint density at radius 2 is 0.730 bits per heavy atom. The molecule has 0 heterocycles. The number of rotatable bonds is 0. The average Bonchev–Trinajstić information content (AvgIpc) is 2.61. The minimum atomic E-state index is -4.64. The molecule has 0 bridgehead atoms. The number of phosphoric acid groups is 1. The summed E-state index contributed by atoms with van der Waals surface area (Å²) < 4.78 is 8.88. The van der Waals surface area contributed by atoms with E-state index in [9.17, 15) is 10.2 Å². The fourth-order valence-electron chi connectivity index (χ4n) is 3.57. The molecule has 0 atom stereocenters. The maximum Gasteiger partial charge on any atom is 0.466 e. The van der Waals surface area contributed by atoms with Crippen LogP contribution in [0.25, 0.3) is 0 Å². The molecule has 2 aromatic carbocycles. The molecule has 0 aliphatic heterocycles. The van der Waals surface area contributed by atoms with Crippen LogP contribution >= 0.6 is 7.82 Å². The predicted octanol–water partition coefficient (Wildman–Crippen LogP) is 7.66. The number of phenolic OH excluding ortho intramolecular Hbond substituents is 2. The van der Waals surface area contributed by atoms with Gasteiger partial charge in [0.1, 0.15) is 11.5 Å². The van der Waals surface area contributed by atoms with Crippen LogP contribution in [0.4, 0.5) is 0 Å². The smallest absolute Gasteiger partial charge is 0.466 e. The third-order valence-corrected chi connectivity index (χ3v) is 5.95. The van der Waals surface area contributed by atoms with Crippen molar-refractivity contribution >= 4 is 7.82 Å². The first-order valence-electron chi connectivity index (χ1n) is 12.5. The van der Waals surface area contributed by atoms with Gasteiger partial charge in [-0.15, -0.1) is 0 Å². The summed E-state index contributed by atoms with van der Waals surface area (Å²) >= 11 is 0. The van der Waals surface area contributed by atoms with Crippen molar-refractivity contribution in [3.05, 3.63) is 57.6 Å². The fourth-order valence-corrected chi connectivity index (χ4v) is 3.57. The molecule has 0 aromatic heterocycles. The topological polar surface area (TPSA) is 118 Å². The van der Waals surface area contributed by atoms with E-state index in [1.54, 1.807) is 0 Å². The van der Waals surface area contributed by atoms with Crippen LogP contribution in [0.2, 0.25) is 0 Å². The molecule has 0 saturated carbocycles. The SMILES string of the molecule is Cc1cc(C(C)(C)C)cc(C(C)(C)C)c1O.Cc1cc(C(C)(C)C)cc(C(C)(C)C)c1O.O=P(O)(O)O. The Hall–Kier alpha value is -1.85. The predicted molar refractivity (Wildman–Crippen MR) is 155 cm³/mol. The molecule has 0 amide bonds. The highest BCUT2D eigenvalue weighted by Crippen LogP contribution is 2.38. The second kappa shape index (κ2) is 11.9. The van der Waals surface area contributed by atoms with E-state index in [2.05, 4.69) is 107 Å². The summed E-state index contributed by atoms with van der Waals surface area (Å²) in [5, 5.41) is 20.2. The van der Waals surface area contributed by atoms with Gasteiger partial charge in [0.05, 0.1) is 0 Å². The van der Waals surface area contributed by atoms with Crippen LogP contribution in [0.5, 0.6) is 11.5 Å². The van der Waals surface area contributed by atoms with Gasteiger partial charge in [0.15, 0.2) is 0 Å². The Balaban J connectivity index is 0.000000594. The summed E-state index contributed by atoms with van der Waals surface area (Å²) in [6.07, 6.45) is 0. The number of benzene rings is 2. The van der Waals surface area contributed by atoms with E-state index in [1.807, 2.05) is 13.8 Å². The molecule has 5 N–H and O–H groups in total. The number of hydrogen-bond donors (Lipinski definition) is 5. The quantitative estimate of drug-likeness (QED) is 0.220. The zero-order valence-electron chi connectivity index (χ0n) is 25.4. The Morgan fingerprint density at radius 3 is 0.892 bits per heavy atom. The molecule has 0 radical (unpaired) electrons.